The molecule has 11 nitrogen and oxygen atoms in total. The van der Waals surface area contributed by atoms with E-state index in [1.54, 1.807) is 28.4 Å². The zero-order valence-corrected chi connectivity index (χ0v) is 24.5. The molecule has 4 fully saturated rings. The predicted molar refractivity (Wildman–Crippen MR) is 153 cm³/mol. The zero-order valence-electron chi connectivity index (χ0n) is 23.6. The van der Waals surface area contributed by atoms with Crippen LogP contribution in [0.15, 0.2) is 55.1 Å². The molecule has 3 aromatic rings. The molecule has 0 unspecified atom stereocenters. The summed E-state index contributed by atoms with van der Waals surface area (Å²) in [4.78, 5) is 66.9. The van der Waals surface area contributed by atoms with Crippen molar-refractivity contribution in [3.63, 3.8) is 0 Å². The number of benzene rings is 2. The van der Waals surface area contributed by atoms with Crippen molar-refractivity contribution in [1.82, 2.24) is 24.7 Å². The van der Waals surface area contributed by atoms with E-state index in [0.29, 0.717) is 43.2 Å². The molecule has 232 valence electrons. The third-order valence-electron chi connectivity index (χ3n) is 9.76. The van der Waals surface area contributed by atoms with E-state index in [1.165, 1.54) is 18.2 Å². The number of fused-ring (bicyclic) bond motifs is 3. The molecule has 1 aromatic heterocycles. The van der Waals surface area contributed by atoms with Gasteiger partial charge in [-0.05, 0) is 72.9 Å². The number of amides is 3. The molecule has 0 radical (unpaired) electrons. The topological polar surface area (TPSA) is 145 Å². The highest BCUT2D eigenvalue weighted by atomic mass is 31.2. The van der Waals surface area contributed by atoms with Crippen LogP contribution >= 0.6 is 7.60 Å². The van der Waals surface area contributed by atoms with Gasteiger partial charge in [-0.1, -0.05) is 18.2 Å². The Morgan fingerprint density at radius 3 is 2.45 bits per heavy atom. The predicted octanol–water partition coefficient (Wildman–Crippen LogP) is 3.23. The molecule has 44 heavy (non-hydrogen) atoms. The maximum absolute atomic E-state index is 14.4. The molecule has 7 rings (SSSR count). The third-order valence-corrected chi connectivity index (χ3v) is 10.8. The maximum Gasteiger partial charge on any atom is 0.399 e. The number of likely N-dealkylation sites (tertiary alicyclic amines) is 1. The van der Waals surface area contributed by atoms with Crippen LogP contribution in [-0.2, 0) is 19.8 Å². The second kappa shape index (κ2) is 10.5. The molecule has 3 saturated heterocycles. The lowest BCUT2D eigenvalue weighted by Crippen LogP contribution is -2.60. The lowest BCUT2D eigenvalue weighted by Gasteiger charge is -2.43. The smallest absolute Gasteiger partial charge is 0.340 e. The van der Waals surface area contributed by atoms with Crippen LogP contribution in [0.5, 0.6) is 0 Å². The molecule has 3 N–H and O–H groups in total. The summed E-state index contributed by atoms with van der Waals surface area (Å²) in [6.45, 7) is 1.10. The van der Waals surface area contributed by atoms with Gasteiger partial charge >= 0.3 is 13.3 Å². The molecule has 0 spiro atoms. The number of hydrogen-bond donors (Lipinski definition) is 3. The van der Waals surface area contributed by atoms with E-state index in [4.69, 9.17) is 9.79 Å². The molecule has 5 atom stereocenters. The summed E-state index contributed by atoms with van der Waals surface area (Å²) < 4.78 is 42.1. The van der Waals surface area contributed by atoms with Crippen LogP contribution in [0, 0.1) is 11.8 Å². The number of imidazole rings is 1. The molecule has 1 aliphatic carbocycles. The molecule has 1 saturated carbocycles. The SMILES string of the molecule is O=C(N[C@H]1C[C@H]2C[C@H]2C[C@H]2CC[C@@H](C(=O)N3CC(n4ccnc4)C3)N2C1=O)c1ccc2ccc(C(F)(F)P(=O)(O)O)cc2c1. The van der Waals surface area contributed by atoms with Crippen molar-refractivity contribution in [2.24, 2.45) is 11.8 Å². The Kier molecular flexibility index (Phi) is 6.91. The minimum atomic E-state index is -5.77. The van der Waals surface area contributed by atoms with Crippen molar-refractivity contribution in [1.29, 1.82) is 0 Å². The van der Waals surface area contributed by atoms with Gasteiger partial charge in [-0.25, -0.2) is 4.98 Å². The highest BCUT2D eigenvalue weighted by Crippen LogP contribution is 2.59. The van der Waals surface area contributed by atoms with Gasteiger partial charge in [0.25, 0.3) is 5.91 Å². The van der Waals surface area contributed by atoms with E-state index in [0.717, 1.165) is 31.4 Å². The minimum Gasteiger partial charge on any atom is -0.340 e. The fraction of sp³-hybridized carbons (Fsp3) is 0.467. The lowest BCUT2D eigenvalue weighted by atomic mass is 9.98. The average molecular weight is 628 g/mol. The summed E-state index contributed by atoms with van der Waals surface area (Å²) in [5.41, 5.74) is -5.13. The molecule has 4 heterocycles. The fourth-order valence-electron chi connectivity index (χ4n) is 7.14. The first-order valence-corrected chi connectivity index (χ1v) is 16.4. The van der Waals surface area contributed by atoms with Crippen molar-refractivity contribution >= 4 is 36.1 Å². The fourth-order valence-corrected chi connectivity index (χ4v) is 7.61. The van der Waals surface area contributed by atoms with Crippen molar-refractivity contribution in [2.45, 2.75) is 61.9 Å². The van der Waals surface area contributed by atoms with Crippen LogP contribution in [0.25, 0.3) is 10.8 Å². The highest BCUT2D eigenvalue weighted by Gasteiger charge is 2.53. The van der Waals surface area contributed by atoms with Gasteiger partial charge in [0.2, 0.25) is 11.8 Å². The number of hydrogen-bond acceptors (Lipinski definition) is 5. The van der Waals surface area contributed by atoms with Crippen molar-refractivity contribution in [3.8, 4) is 0 Å². The first-order chi connectivity index (χ1) is 20.9. The largest absolute Gasteiger partial charge is 0.399 e. The molecule has 14 heteroatoms. The van der Waals surface area contributed by atoms with E-state index in [1.807, 2.05) is 10.8 Å². The Balaban J connectivity index is 1.09. The van der Waals surface area contributed by atoms with Crippen LogP contribution < -0.4 is 5.32 Å². The number of rotatable bonds is 6. The number of carbonyl (C=O) groups is 3. The first kappa shape index (κ1) is 29.1. The Labute approximate surface area is 251 Å². The zero-order chi connectivity index (χ0) is 31.0. The summed E-state index contributed by atoms with van der Waals surface area (Å²) >= 11 is 0. The summed E-state index contributed by atoms with van der Waals surface area (Å²) in [6, 6.07) is 6.30. The molecular weight excluding hydrogens is 595 g/mol. The van der Waals surface area contributed by atoms with Gasteiger partial charge in [-0.15, -0.1) is 0 Å². The van der Waals surface area contributed by atoms with E-state index in [2.05, 4.69) is 10.3 Å². The van der Waals surface area contributed by atoms with Gasteiger partial charge in [0.1, 0.15) is 12.1 Å². The van der Waals surface area contributed by atoms with Crippen molar-refractivity contribution < 1.29 is 37.5 Å². The number of aromatic nitrogens is 2. The Morgan fingerprint density at radius 1 is 0.977 bits per heavy atom. The average Bonchev–Trinajstić information content (AvgIpc) is 3.30. The van der Waals surface area contributed by atoms with Gasteiger partial charge in [0.15, 0.2) is 0 Å². The standard InChI is InChI=1S/C30H32F2N5O6P/c31-30(32,44(41,42)43)22-4-3-17-1-2-18(9-19(17)11-22)27(38)34-25-13-21-10-20(21)12-23-5-6-26(37(23)28(25)39)29(40)36-14-24(15-36)35-8-7-33-16-35/h1-4,7-9,11,16,20-21,23-26H,5-6,10,12-15H2,(H,34,38)(H2,41,42,43)/t20-,21+,23+,25-,26-/m0/s1. The number of halogens is 2. The van der Waals surface area contributed by atoms with Crippen LogP contribution in [-0.4, -0.2) is 78.1 Å². The minimum absolute atomic E-state index is 0.0633. The lowest BCUT2D eigenvalue weighted by molar-refractivity contribution is -0.150. The third kappa shape index (κ3) is 5.00. The Morgan fingerprint density at radius 2 is 1.73 bits per heavy atom. The molecule has 2 aromatic carbocycles. The van der Waals surface area contributed by atoms with Crippen molar-refractivity contribution in [2.75, 3.05) is 13.1 Å². The summed E-state index contributed by atoms with van der Waals surface area (Å²) in [7, 11) is -5.77. The van der Waals surface area contributed by atoms with Crippen LogP contribution in [0.3, 0.4) is 0 Å². The summed E-state index contributed by atoms with van der Waals surface area (Å²) in [6.07, 6.45) is 8.88. The van der Waals surface area contributed by atoms with Gasteiger partial charge in [-0.3, -0.25) is 18.9 Å². The summed E-state index contributed by atoms with van der Waals surface area (Å²) in [5.74, 6) is -0.178. The summed E-state index contributed by atoms with van der Waals surface area (Å²) in [5, 5.41) is 3.56. The monoisotopic (exact) mass is 627 g/mol. The van der Waals surface area contributed by atoms with Gasteiger partial charge in [0.05, 0.1) is 12.4 Å². The Hall–Kier alpha value is -3.67. The van der Waals surface area contributed by atoms with Gasteiger partial charge < -0.3 is 29.5 Å². The number of nitrogens with one attached hydrogen (secondary N) is 1. The second-order valence-corrected chi connectivity index (χ2v) is 14.2. The normalized spacial score (nSPS) is 27.3. The quantitative estimate of drug-likeness (QED) is 0.356. The van der Waals surface area contributed by atoms with Gasteiger partial charge in [0, 0.05) is 42.7 Å². The Bertz CT molecular complexity index is 1690. The van der Waals surface area contributed by atoms with Crippen LogP contribution in [0.2, 0.25) is 0 Å². The van der Waals surface area contributed by atoms with Crippen molar-refractivity contribution in [3.05, 3.63) is 66.2 Å². The number of nitrogens with zero attached hydrogens (tertiary/aromatic N) is 4. The second-order valence-electron chi connectivity index (χ2n) is 12.5. The van der Waals surface area contributed by atoms with Crippen LogP contribution in [0.1, 0.15) is 54.1 Å². The maximum atomic E-state index is 14.4. The van der Waals surface area contributed by atoms with Crippen LogP contribution in [0.4, 0.5) is 8.78 Å². The van der Waals surface area contributed by atoms with Gasteiger partial charge in [-0.2, -0.15) is 8.78 Å². The van der Waals surface area contributed by atoms with E-state index in [9.17, 15) is 27.7 Å². The number of carbonyl (C=O) groups excluding carboxylic acids is 3. The molecule has 3 aliphatic heterocycles. The van der Waals surface area contributed by atoms with E-state index < -0.39 is 36.8 Å². The first-order valence-electron chi connectivity index (χ1n) is 14.8. The molecular formula is C30H32F2N5O6P. The molecule has 0 bridgehead atoms. The molecule has 4 aliphatic rings. The number of alkyl halides is 2. The van der Waals surface area contributed by atoms with E-state index in [-0.39, 0.29) is 34.8 Å². The van der Waals surface area contributed by atoms with E-state index >= 15 is 0 Å². The highest BCUT2D eigenvalue weighted by molar-refractivity contribution is 7.52. The molecule has 3 amide bonds.